The number of anilines is 2. The maximum absolute atomic E-state index is 12.6. The maximum Gasteiger partial charge on any atom is 0.256 e. The lowest BCUT2D eigenvalue weighted by Gasteiger charge is -2.33. The Morgan fingerprint density at radius 2 is 1.91 bits per heavy atom. The number of methoxy groups -OCH3 is 1. The number of aromatic nitrogens is 2. The lowest BCUT2D eigenvalue weighted by atomic mass is 10.1. The van der Waals surface area contributed by atoms with E-state index < -0.39 is 0 Å². The molecule has 1 aliphatic heterocycles. The molecule has 1 amide bonds. The van der Waals surface area contributed by atoms with Crippen molar-refractivity contribution in [1.29, 1.82) is 0 Å². The average molecular weight is 449 g/mol. The van der Waals surface area contributed by atoms with Gasteiger partial charge < -0.3 is 24.4 Å². The number of amides is 1. The Morgan fingerprint density at radius 3 is 2.67 bits per heavy atom. The van der Waals surface area contributed by atoms with Crippen LogP contribution in [0.2, 0.25) is 0 Å². The minimum Gasteiger partial charge on any atom is -0.497 e. The number of benzene rings is 2. The van der Waals surface area contributed by atoms with E-state index in [0.717, 1.165) is 30.9 Å². The Balaban J connectivity index is 1.41. The van der Waals surface area contributed by atoms with Crippen molar-refractivity contribution in [1.82, 2.24) is 9.97 Å². The Kier molecular flexibility index (Phi) is 7.24. The average Bonchev–Trinajstić information content (AvgIpc) is 2.86. The third kappa shape index (κ3) is 5.71. The molecule has 1 fully saturated rings. The van der Waals surface area contributed by atoms with Crippen LogP contribution in [0.1, 0.15) is 30.1 Å². The van der Waals surface area contributed by atoms with E-state index in [1.807, 2.05) is 31.2 Å². The summed E-state index contributed by atoms with van der Waals surface area (Å²) in [7, 11) is 1.59. The van der Waals surface area contributed by atoms with Gasteiger partial charge in [-0.05, 0) is 56.2 Å². The fourth-order valence-electron chi connectivity index (χ4n) is 3.74. The van der Waals surface area contributed by atoms with Crippen molar-refractivity contribution in [3.8, 4) is 17.2 Å². The van der Waals surface area contributed by atoms with Crippen LogP contribution in [0, 0.1) is 0 Å². The molecule has 2 heterocycles. The minimum atomic E-state index is -0.253. The van der Waals surface area contributed by atoms with Gasteiger partial charge in [0, 0.05) is 12.1 Å². The second-order valence-electron chi connectivity index (χ2n) is 7.65. The van der Waals surface area contributed by atoms with Gasteiger partial charge in [-0.3, -0.25) is 9.78 Å². The third-order valence-electron chi connectivity index (χ3n) is 5.36. The van der Waals surface area contributed by atoms with Crippen LogP contribution in [0.25, 0.3) is 0 Å². The third-order valence-corrected chi connectivity index (χ3v) is 5.36. The molecule has 172 valence electrons. The van der Waals surface area contributed by atoms with Gasteiger partial charge in [-0.15, -0.1) is 0 Å². The highest BCUT2D eigenvalue weighted by atomic mass is 16.5. The van der Waals surface area contributed by atoms with Crippen molar-refractivity contribution >= 4 is 17.5 Å². The molecule has 4 rings (SSSR count). The predicted molar refractivity (Wildman–Crippen MR) is 126 cm³/mol. The van der Waals surface area contributed by atoms with Gasteiger partial charge in [-0.2, -0.15) is 0 Å². The summed E-state index contributed by atoms with van der Waals surface area (Å²) >= 11 is 0. The zero-order chi connectivity index (χ0) is 23.0. The van der Waals surface area contributed by atoms with Gasteiger partial charge >= 0.3 is 0 Å². The molecule has 0 radical (unpaired) electrons. The van der Waals surface area contributed by atoms with Crippen molar-refractivity contribution in [2.45, 2.75) is 25.9 Å². The highest BCUT2D eigenvalue weighted by Gasteiger charge is 2.24. The van der Waals surface area contributed by atoms with Crippen LogP contribution in [-0.2, 0) is 0 Å². The normalized spacial score (nSPS) is 15.6. The Labute approximate surface area is 193 Å². The molecule has 0 saturated carbocycles. The van der Waals surface area contributed by atoms with E-state index in [-0.39, 0.29) is 12.0 Å². The Bertz CT molecular complexity index is 1070. The maximum atomic E-state index is 12.6. The van der Waals surface area contributed by atoms with E-state index in [1.54, 1.807) is 43.8 Å². The van der Waals surface area contributed by atoms with Crippen LogP contribution in [0.15, 0.2) is 60.9 Å². The van der Waals surface area contributed by atoms with Gasteiger partial charge in [0.1, 0.15) is 17.7 Å². The van der Waals surface area contributed by atoms with Crippen LogP contribution in [0.3, 0.4) is 0 Å². The van der Waals surface area contributed by atoms with Gasteiger partial charge in [0.15, 0.2) is 17.3 Å². The lowest BCUT2D eigenvalue weighted by Crippen LogP contribution is -2.41. The molecule has 1 saturated heterocycles. The van der Waals surface area contributed by atoms with Crippen LogP contribution in [0.4, 0.5) is 11.6 Å². The molecule has 1 aliphatic rings. The largest absolute Gasteiger partial charge is 0.497 e. The topological polar surface area (TPSA) is 85.8 Å². The molecular weight excluding hydrogens is 420 g/mol. The van der Waals surface area contributed by atoms with Crippen LogP contribution >= 0.6 is 0 Å². The number of carbonyl (C=O) groups is 1. The second-order valence-corrected chi connectivity index (χ2v) is 7.65. The molecule has 3 aromatic rings. The molecule has 0 aliphatic carbocycles. The Morgan fingerprint density at radius 1 is 1.12 bits per heavy atom. The summed E-state index contributed by atoms with van der Waals surface area (Å²) in [4.78, 5) is 23.6. The van der Waals surface area contributed by atoms with E-state index >= 15 is 0 Å². The summed E-state index contributed by atoms with van der Waals surface area (Å²) < 4.78 is 17.1. The zero-order valence-corrected chi connectivity index (χ0v) is 18.9. The molecule has 1 N–H and O–H groups in total. The highest BCUT2D eigenvalue weighted by Crippen LogP contribution is 2.30. The number of hydrogen-bond donors (Lipinski definition) is 1. The molecule has 33 heavy (non-hydrogen) atoms. The van der Waals surface area contributed by atoms with Crippen molar-refractivity contribution in [3.05, 3.63) is 66.5 Å². The first-order valence-electron chi connectivity index (χ1n) is 11.1. The summed E-state index contributed by atoms with van der Waals surface area (Å²) in [5, 5.41) is 2.82. The van der Waals surface area contributed by atoms with Crippen molar-refractivity contribution in [2.24, 2.45) is 0 Å². The number of carbonyl (C=O) groups excluding carboxylic acids is 1. The van der Waals surface area contributed by atoms with Crippen molar-refractivity contribution < 1.29 is 19.0 Å². The van der Waals surface area contributed by atoms with E-state index in [4.69, 9.17) is 14.2 Å². The molecule has 0 unspecified atom stereocenters. The fraction of sp³-hybridized carbons (Fsp3) is 0.320. The van der Waals surface area contributed by atoms with Crippen molar-refractivity contribution in [2.75, 3.05) is 37.0 Å². The molecular formula is C25H28N4O4. The Hall–Kier alpha value is -3.81. The smallest absolute Gasteiger partial charge is 0.256 e. The fourth-order valence-corrected chi connectivity index (χ4v) is 3.74. The lowest BCUT2D eigenvalue weighted by molar-refractivity contribution is 0.102. The number of para-hydroxylation sites is 2. The van der Waals surface area contributed by atoms with E-state index in [0.29, 0.717) is 36.1 Å². The molecule has 0 spiro atoms. The number of nitrogens with one attached hydrogen (secondary N) is 1. The number of hydrogen-bond acceptors (Lipinski definition) is 7. The first-order chi connectivity index (χ1) is 16.2. The quantitative estimate of drug-likeness (QED) is 0.553. The number of rotatable bonds is 8. The van der Waals surface area contributed by atoms with Gasteiger partial charge in [-0.1, -0.05) is 12.1 Å². The zero-order valence-electron chi connectivity index (χ0n) is 18.9. The van der Waals surface area contributed by atoms with Gasteiger partial charge in [0.25, 0.3) is 5.91 Å². The monoisotopic (exact) mass is 448 g/mol. The molecule has 2 aromatic carbocycles. The molecule has 8 heteroatoms. The summed E-state index contributed by atoms with van der Waals surface area (Å²) in [5.41, 5.74) is 0.516. The van der Waals surface area contributed by atoms with Gasteiger partial charge in [-0.25, -0.2) is 4.98 Å². The number of nitrogens with zero attached hydrogens (tertiary/aromatic N) is 3. The summed E-state index contributed by atoms with van der Waals surface area (Å²) in [5.74, 6) is 3.04. The SMILES string of the molecule is CCOc1ccccc1O[C@@H]1CCCN(c2cncc(NC(=O)c3ccc(OC)cc3)n2)C1. The highest BCUT2D eigenvalue weighted by molar-refractivity contribution is 6.03. The van der Waals surface area contributed by atoms with Crippen LogP contribution < -0.4 is 24.4 Å². The number of ether oxygens (including phenoxy) is 3. The van der Waals surface area contributed by atoms with Gasteiger partial charge in [0.2, 0.25) is 0 Å². The summed E-state index contributed by atoms with van der Waals surface area (Å²) in [6, 6.07) is 14.6. The minimum absolute atomic E-state index is 0.000275. The molecule has 0 bridgehead atoms. The first-order valence-corrected chi connectivity index (χ1v) is 11.1. The summed E-state index contributed by atoms with van der Waals surface area (Å²) in [6.07, 6.45) is 5.16. The number of piperidine rings is 1. The van der Waals surface area contributed by atoms with E-state index in [9.17, 15) is 4.79 Å². The molecule has 1 atom stereocenters. The van der Waals surface area contributed by atoms with Gasteiger partial charge in [0.05, 0.1) is 32.7 Å². The molecule has 1 aromatic heterocycles. The van der Waals surface area contributed by atoms with Crippen LogP contribution in [0.5, 0.6) is 17.2 Å². The summed E-state index contributed by atoms with van der Waals surface area (Å²) in [6.45, 7) is 4.06. The predicted octanol–water partition coefficient (Wildman–Crippen LogP) is 4.18. The van der Waals surface area contributed by atoms with E-state index in [1.165, 1.54) is 0 Å². The second kappa shape index (κ2) is 10.7. The van der Waals surface area contributed by atoms with E-state index in [2.05, 4.69) is 20.2 Å². The standard InChI is InChI=1S/C25H28N4O4/c1-3-32-21-8-4-5-9-22(21)33-20-7-6-14-29(17-20)24-16-26-15-23(27-24)28-25(30)18-10-12-19(31-2)13-11-18/h4-5,8-13,15-16,20H,3,6-7,14,17H2,1-2H3,(H,27,28,30)/t20-/m1/s1. The molecule has 8 nitrogen and oxygen atoms in total. The van der Waals surface area contributed by atoms with Crippen LogP contribution in [-0.4, -0.2) is 48.8 Å². The first kappa shape index (κ1) is 22.4. The van der Waals surface area contributed by atoms with Crippen molar-refractivity contribution in [3.63, 3.8) is 0 Å².